The van der Waals surface area contributed by atoms with Gasteiger partial charge in [-0.15, -0.1) is 11.6 Å². The van der Waals surface area contributed by atoms with Crippen molar-refractivity contribution in [2.24, 2.45) is 10.8 Å². The number of halogens is 3. The lowest BCUT2D eigenvalue weighted by Gasteiger charge is -2.58. The third-order valence-electron chi connectivity index (χ3n) is 5.62. The molecular formula is C15H23Br2Cl. The molecule has 0 aromatic rings. The monoisotopic (exact) mass is 396 g/mol. The highest BCUT2D eigenvalue weighted by Crippen LogP contribution is 2.63. The Hall–Kier alpha value is 0.990. The first-order chi connectivity index (χ1) is 8.13. The van der Waals surface area contributed by atoms with Gasteiger partial charge in [-0.2, -0.15) is 0 Å². The number of hydrogen-bond donors (Lipinski definition) is 0. The van der Waals surface area contributed by atoms with Crippen molar-refractivity contribution in [3.63, 3.8) is 0 Å². The van der Waals surface area contributed by atoms with E-state index in [4.69, 9.17) is 11.6 Å². The van der Waals surface area contributed by atoms with Crippen molar-refractivity contribution in [1.82, 2.24) is 0 Å². The van der Waals surface area contributed by atoms with Crippen molar-refractivity contribution in [3.05, 3.63) is 11.6 Å². The van der Waals surface area contributed by atoms with Crippen LogP contribution in [0.5, 0.6) is 0 Å². The van der Waals surface area contributed by atoms with Gasteiger partial charge in [-0.3, -0.25) is 0 Å². The van der Waals surface area contributed by atoms with Crippen LogP contribution in [0.25, 0.3) is 0 Å². The fraction of sp³-hybridized carbons (Fsp3) is 0.867. The van der Waals surface area contributed by atoms with Gasteiger partial charge >= 0.3 is 0 Å². The first-order valence-electron chi connectivity index (χ1n) is 6.78. The van der Waals surface area contributed by atoms with E-state index in [2.05, 4.69) is 65.6 Å². The average Bonchev–Trinajstić information content (AvgIpc) is 2.27. The van der Waals surface area contributed by atoms with Gasteiger partial charge in [0.1, 0.15) is 0 Å². The van der Waals surface area contributed by atoms with Crippen LogP contribution in [0.3, 0.4) is 0 Å². The number of hydrogen-bond acceptors (Lipinski definition) is 0. The van der Waals surface area contributed by atoms with Crippen LogP contribution in [0.15, 0.2) is 11.6 Å². The molecule has 2 aliphatic rings. The maximum Gasteiger partial charge on any atom is 0.0544 e. The molecule has 104 valence electrons. The summed E-state index contributed by atoms with van der Waals surface area (Å²) in [5.41, 5.74) is 2.15. The molecule has 1 fully saturated rings. The quantitative estimate of drug-likeness (QED) is 0.344. The Morgan fingerprint density at radius 3 is 2.33 bits per heavy atom. The molecule has 18 heavy (non-hydrogen) atoms. The van der Waals surface area contributed by atoms with Crippen molar-refractivity contribution in [2.45, 2.75) is 67.9 Å². The van der Waals surface area contributed by atoms with Gasteiger partial charge in [0.2, 0.25) is 0 Å². The molecule has 0 bridgehead atoms. The standard InChI is InChI=1S/C15H23Br2Cl/c1-10-5-6-11(16)13(2,3)15(10)8-7-14(4,18)12(17)9-15/h5,11-12H,6-9H2,1-4H3/t11-,12+,14+,15?/m1/s1. The summed E-state index contributed by atoms with van der Waals surface area (Å²) >= 11 is 14.4. The van der Waals surface area contributed by atoms with Crippen LogP contribution in [0.4, 0.5) is 0 Å². The lowest BCUT2D eigenvalue weighted by atomic mass is 9.51. The molecule has 0 radical (unpaired) electrons. The second kappa shape index (κ2) is 4.77. The molecule has 0 saturated heterocycles. The summed E-state index contributed by atoms with van der Waals surface area (Å²) in [6.07, 6.45) is 7.00. The summed E-state index contributed by atoms with van der Waals surface area (Å²) in [4.78, 5) is 0.856. The van der Waals surface area contributed by atoms with Crippen LogP contribution in [-0.4, -0.2) is 14.5 Å². The van der Waals surface area contributed by atoms with Crippen LogP contribution in [0, 0.1) is 10.8 Å². The number of rotatable bonds is 0. The topological polar surface area (TPSA) is 0 Å². The smallest absolute Gasteiger partial charge is 0.0544 e. The van der Waals surface area contributed by atoms with Crippen molar-refractivity contribution in [1.29, 1.82) is 0 Å². The highest BCUT2D eigenvalue weighted by Gasteiger charge is 2.56. The molecule has 2 aliphatic carbocycles. The fourth-order valence-electron chi connectivity index (χ4n) is 3.76. The maximum atomic E-state index is 6.62. The lowest BCUT2D eigenvalue weighted by molar-refractivity contribution is 0.0482. The van der Waals surface area contributed by atoms with E-state index in [0.29, 0.717) is 15.1 Å². The number of allylic oxidation sites excluding steroid dienone is 2. The molecule has 0 aromatic heterocycles. The molecule has 0 N–H and O–H groups in total. The number of alkyl halides is 3. The van der Waals surface area contributed by atoms with Crippen LogP contribution >= 0.6 is 43.5 Å². The minimum Gasteiger partial charge on any atom is -0.118 e. The molecule has 4 atom stereocenters. The molecule has 2 rings (SSSR count). The minimum atomic E-state index is -0.0964. The summed E-state index contributed by atoms with van der Waals surface area (Å²) in [5.74, 6) is 0. The van der Waals surface area contributed by atoms with Gasteiger partial charge in [-0.25, -0.2) is 0 Å². The van der Waals surface area contributed by atoms with E-state index in [1.54, 1.807) is 5.57 Å². The molecule has 0 aromatic carbocycles. The van der Waals surface area contributed by atoms with Crippen LogP contribution in [0.2, 0.25) is 0 Å². The average molecular weight is 399 g/mol. The maximum absolute atomic E-state index is 6.62. The highest BCUT2D eigenvalue weighted by molar-refractivity contribution is 9.09. The van der Waals surface area contributed by atoms with Crippen LogP contribution in [0.1, 0.15) is 53.4 Å². The Kier molecular flexibility index (Phi) is 4.08. The van der Waals surface area contributed by atoms with E-state index in [9.17, 15) is 0 Å². The summed E-state index contributed by atoms with van der Waals surface area (Å²) in [7, 11) is 0. The molecule has 0 nitrogen and oxygen atoms in total. The highest BCUT2D eigenvalue weighted by atomic mass is 79.9. The van der Waals surface area contributed by atoms with Crippen molar-refractivity contribution in [3.8, 4) is 0 Å². The molecule has 0 heterocycles. The SMILES string of the molecule is CC1=CC[C@@H](Br)C(C)(C)C12CC[C@](C)(Cl)[C@@H](Br)C2. The first kappa shape index (κ1) is 15.4. The van der Waals surface area contributed by atoms with E-state index in [1.165, 1.54) is 6.42 Å². The van der Waals surface area contributed by atoms with Crippen molar-refractivity contribution >= 4 is 43.5 Å². The zero-order chi connectivity index (χ0) is 13.8. The predicted octanol–water partition coefficient (Wildman–Crippen LogP) is 6.06. The van der Waals surface area contributed by atoms with Crippen LogP contribution < -0.4 is 0 Å². The lowest BCUT2D eigenvalue weighted by Crippen LogP contribution is -2.53. The Morgan fingerprint density at radius 1 is 1.17 bits per heavy atom. The van der Waals surface area contributed by atoms with Gasteiger partial charge in [0.05, 0.1) is 4.87 Å². The van der Waals surface area contributed by atoms with Gasteiger partial charge in [0.15, 0.2) is 0 Å². The van der Waals surface area contributed by atoms with Gasteiger partial charge in [0, 0.05) is 9.65 Å². The summed E-state index contributed by atoms with van der Waals surface area (Å²) in [6, 6.07) is 0. The Bertz CT molecular complexity index is 373. The molecule has 1 spiro atoms. The van der Waals surface area contributed by atoms with E-state index in [1.807, 2.05) is 0 Å². The minimum absolute atomic E-state index is 0.0964. The molecular weight excluding hydrogens is 375 g/mol. The summed E-state index contributed by atoms with van der Waals surface area (Å²) in [5, 5.41) is 0. The van der Waals surface area contributed by atoms with Gasteiger partial charge in [0.25, 0.3) is 0 Å². The Balaban J connectivity index is 2.41. The van der Waals surface area contributed by atoms with Gasteiger partial charge < -0.3 is 0 Å². The molecule has 1 unspecified atom stereocenters. The zero-order valence-electron chi connectivity index (χ0n) is 11.7. The first-order valence-corrected chi connectivity index (χ1v) is 8.99. The molecule has 0 aliphatic heterocycles. The van der Waals surface area contributed by atoms with Crippen molar-refractivity contribution < 1.29 is 0 Å². The molecule has 0 amide bonds. The predicted molar refractivity (Wildman–Crippen MR) is 88.1 cm³/mol. The van der Waals surface area contributed by atoms with E-state index in [0.717, 1.165) is 19.3 Å². The second-order valence-corrected chi connectivity index (χ2v) is 9.92. The largest absolute Gasteiger partial charge is 0.118 e. The van der Waals surface area contributed by atoms with Gasteiger partial charge in [-0.05, 0) is 50.4 Å². The molecule has 3 heteroatoms. The Labute approximate surface area is 133 Å². The third-order valence-corrected chi connectivity index (χ3v) is 9.19. The van der Waals surface area contributed by atoms with E-state index in [-0.39, 0.29) is 10.3 Å². The van der Waals surface area contributed by atoms with E-state index < -0.39 is 0 Å². The third kappa shape index (κ3) is 2.15. The van der Waals surface area contributed by atoms with Crippen LogP contribution in [-0.2, 0) is 0 Å². The summed E-state index contributed by atoms with van der Waals surface area (Å²) < 4.78 is 0. The normalized spacial score (nSPS) is 48.1. The Morgan fingerprint density at radius 2 is 1.78 bits per heavy atom. The zero-order valence-corrected chi connectivity index (χ0v) is 15.6. The second-order valence-electron chi connectivity index (χ2n) is 6.84. The fourth-order valence-corrected chi connectivity index (χ4v) is 5.34. The van der Waals surface area contributed by atoms with E-state index >= 15 is 0 Å². The molecule has 1 saturated carbocycles. The van der Waals surface area contributed by atoms with Gasteiger partial charge in [-0.1, -0.05) is 57.4 Å². The van der Waals surface area contributed by atoms with Crippen molar-refractivity contribution in [2.75, 3.05) is 0 Å². The summed E-state index contributed by atoms with van der Waals surface area (Å²) in [6.45, 7) is 9.32.